The van der Waals surface area contributed by atoms with Crippen LogP contribution in [0, 0.1) is 0 Å². The van der Waals surface area contributed by atoms with Crippen LogP contribution in [-0.2, 0) is 6.42 Å². The van der Waals surface area contributed by atoms with Crippen LogP contribution in [0.25, 0.3) is 0 Å². The maximum atomic E-state index is 11.5. The lowest BCUT2D eigenvalue weighted by molar-refractivity contribution is 0.128. The van der Waals surface area contributed by atoms with Crippen molar-refractivity contribution < 1.29 is 15.0 Å². The van der Waals surface area contributed by atoms with Crippen molar-refractivity contribution in [2.75, 3.05) is 6.54 Å². The molecule has 4 heteroatoms. The van der Waals surface area contributed by atoms with Crippen LogP contribution in [-0.4, -0.2) is 27.8 Å². The third kappa shape index (κ3) is 1.99. The highest BCUT2D eigenvalue weighted by Gasteiger charge is 2.33. The topological polar surface area (TPSA) is 60.8 Å². The Balaban J connectivity index is 2.18. The van der Waals surface area contributed by atoms with Gasteiger partial charge in [-0.15, -0.1) is 0 Å². The fourth-order valence-corrected chi connectivity index (χ4v) is 2.85. The van der Waals surface area contributed by atoms with E-state index in [1.807, 2.05) is 36.4 Å². The Kier molecular flexibility index (Phi) is 3.06. The van der Waals surface area contributed by atoms with E-state index in [0.29, 0.717) is 18.5 Å². The molecule has 102 valence electrons. The standard InChI is InChI=1S/C16H15NO3/c18-13-8-4-7-11-9-10-17(16(19)20)15(14(11)13)12-5-2-1-3-6-12/h1-8,15,18H,9-10H2,(H,19,20)/t15-/m0/s1. The van der Waals surface area contributed by atoms with Gasteiger partial charge >= 0.3 is 6.09 Å². The average molecular weight is 269 g/mol. The van der Waals surface area contributed by atoms with Crippen molar-refractivity contribution in [2.24, 2.45) is 0 Å². The van der Waals surface area contributed by atoms with Crippen LogP contribution in [0.3, 0.4) is 0 Å². The van der Waals surface area contributed by atoms with Gasteiger partial charge in [0.05, 0.1) is 6.04 Å². The molecule has 4 nitrogen and oxygen atoms in total. The second-order valence-corrected chi connectivity index (χ2v) is 4.89. The molecule has 2 aromatic rings. The number of amides is 1. The number of rotatable bonds is 1. The average Bonchev–Trinajstić information content (AvgIpc) is 2.47. The summed E-state index contributed by atoms with van der Waals surface area (Å²) in [5, 5.41) is 19.6. The SMILES string of the molecule is O=C(O)N1CCc2cccc(O)c2[C@@H]1c1ccccc1. The minimum Gasteiger partial charge on any atom is -0.508 e. The lowest BCUT2D eigenvalue weighted by Crippen LogP contribution is -2.39. The van der Waals surface area contributed by atoms with Crippen molar-refractivity contribution in [1.29, 1.82) is 0 Å². The highest BCUT2D eigenvalue weighted by atomic mass is 16.4. The summed E-state index contributed by atoms with van der Waals surface area (Å²) in [5.41, 5.74) is 2.58. The van der Waals surface area contributed by atoms with Gasteiger partial charge in [-0.3, -0.25) is 4.90 Å². The fourth-order valence-electron chi connectivity index (χ4n) is 2.85. The normalized spacial score (nSPS) is 17.6. The molecule has 2 aromatic carbocycles. The van der Waals surface area contributed by atoms with Gasteiger partial charge in [-0.1, -0.05) is 42.5 Å². The quantitative estimate of drug-likeness (QED) is 0.836. The number of phenolic OH excluding ortho intramolecular Hbond substituents is 1. The molecule has 3 rings (SSSR count). The number of carboxylic acid groups (broad SMARTS) is 1. The first-order chi connectivity index (χ1) is 9.68. The van der Waals surface area contributed by atoms with Crippen LogP contribution in [0.5, 0.6) is 5.75 Å². The lowest BCUT2D eigenvalue weighted by atomic mass is 9.88. The molecular formula is C16H15NO3. The highest BCUT2D eigenvalue weighted by molar-refractivity contribution is 5.68. The third-order valence-electron chi connectivity index (χ3n) is 3.74. The second kappa shape index (κ2) is 4.89. The van der Waals surface area contributed by atoms with E-state index in [2.05, 4.69) is 0 Å². The van der Waals surface area contributed by atoms with Gasteiger partial charge in [0.2, 0.25) is 0 Å². The molecule has 0 fully saturated rings. The van der Waals surface area contributed by atoms with Crippen molar-refractivity contribution in [3.8, 4) is 5.75 Å². The molecule has 0 aliphatic carbocycles. The Hall–Kier alpha value is -2.49. The predicted molar refractivity (Wildman–Crippen MR) is 74.8 cm³/mol. The van der Waals surface area contributed by atoms with Crippen LogP contribution < -0.4 is 0 Å². The summed E-state index contributed by atoms with van der Waals surface area (Å²) in [6.45, 7) is 0.436. The summed E-state index contributed by atoms with van der Waals surface area (Å²) in [6.07, 6.45) is -0.341. The first-order valence-electron chi connectivity index (χ1n) is 6.53. The zero-order valence-corrected chi connectivity index (χ0v) is 10.9. The van der Waals surface area contributed by atoms with Gasteiger partial charge in [-0.25, -0.2) is 4.79 Å². The van der Waals surface area contributed by atoms with E-state index in [1.54, 1.807) is 12.1 Å². The van der Waals surface area contributed by atoms with Crippen LogP contribution in [0.15, 0.2) is 48.5 Å². The number of carbonyl (C=O) groups is 1. The molecule has 0 radical (unpaired) electrons. The molecule has 1 atom stereocenters. The number of aromatic hydroxyl groups is 1. The summed E-state index contributed by atoms with van der Waals surface area (Å²) in [6, 6.07) is 14.3. The van der Waals surface area contributed by atoms with Gasteiger partial charge in [-0.05, 0) is 23.6 Å². The Labute approximate surface area is 116 Å². The first-order valence-corrected chi connectivity index (χ1v) is 6.53. The molecular weight excluding hydrogens is 254 g/mol. The molecule has 0 spiro atoms. The van der Waals surface area contributed by atoms with E-state index >= 15 is 0 Å². The minimum absolute atomic E-state index is 0.155. The monoisotopic (exact) mass is 269 g/mol. The number of hydrogen-bond donors (Lipinski definition) is 2. The van der Waals surface area contributed by atoms with E-state index in [-0.39, 0.29) is 5.75 Å². The summed E-state index contributed by atoms with van der Waals surface area (Å²) in [7, 11) is 0. The van der Waals surface area contributed by atoms with Crippen LogP contribution in [0.4, 0.5) is 4.79 Å². The smallest absolute Gasteiger partial charge is 0.408 e. The van der Waals surface area contributed by atoms with E-state index in [4.69, 9.17) is 0 Å². The molecule has 0 unspecified atom stereocenters. The number of phenols is 1. The zero-order chi connectivity index (χ0) is 14.1. The Morgan fingerprint density at radius 1 is 1.10 bits per heavy atom. The molecule has 1 heterocycles. The third-order valence-corrected chi connectivity index (χ3v) is 3.74. The van der Waals surface area contributed by atoms with E-state index in [9.17, 15) is 15.0 Å². The van der Waals surface area contributed by atoms with E-state index < -0.39 is 12.1 Å². The number of fused-ring (bicyclic) bond motifs is 1. The zero-order valence-electron chi connectivity index (χ0n) is 10.9. The fraction of sp³-hybridized carbons (Fsp3) is 0.188. The van der Waals surface area contributed by atoms with Gasteiger partial charge in [0.1, 0.15) is 5.75 Å². The molecule has 0 aromatic heterocycles. The van der Waals surface area contributed by atoms with Gasteiger partial charge in [0, 0.05) is 12.1 Å². The number of hydrogen-bond acceptors (Lipinski definition) is 2. The summed E-state index contributed by atoms with van der Waals surface area (Å²) >= 11 is 0. The van der Waals surface area contributed by atoms with Gasteiger partial charge in [0.15, 0.2) is 0 Å². The van der Waals surface area contributed by atoms with Crippen LogP contribution >= 0.6 is 0 Å². The number of nitrogens with zero attached hydrogens (tertiary/aromatic N) is 1. The first kappa shape index (κ1) is 12.5. The minimum atomic E-state index is -0.965. The molecule has 1 aliphatic rings. The Bertz CT molecular complexity index is 639. The molecule has 0 saturated heterocycles. The maximum Gasteiger partial charge on any atom is 0.408 e. The molecule has 20 heavy (non-hydrogen) atoms. The van der Waals surface area contributed by atoms with Crippen molar-refractivity contribution >= 4 is 6.09 Å². The molecule has 2 N–H and O–H groups in total. The Morgan fingerprint density at radius 3 is 2.55 bits per heavy atom. The summed E-state index contributed by atoms with van der Waals surface area (Å²) in [4.78, 5) is 12.9. The van der Waals surface area contributed by atoms with Crippen molar-refractivity contribution in [2.45, 2.75) is 12.5 Å². The van der Waals surface area contributed by atoms with Gasteiger partial charge in [-0.2, -0.15) is 0 Å². The molecule has 0 saturated carbocycles. The number of benzene rings is 2. The maximum absolute atomic E-state index is 11.5. The highest BCUT2D eigenvalue weighted by Crippen LogP contribution is 2.39. The van der Waals surface area contributed by atoms with Crippen molar-refractivity contribution in [3.63, 3.8) is 0 Å². The van der Waals surface area contributed by atoms with E-state index in [0.717, 1.165) is 11.1 Å². The predicted octanol–water partition coefficient (Wildman–Crippen LogP) is 3.02. The van der Waals surface area contributed by atoms with Crippen LogP contribution in [0.1, 0.15) is 22.7 Å². The summed E-state index contributed by atoms with van der Waals surface area (Å²) in [5.74, 6) is 0.155. The Morgan fingerprint density at radius 2 is 1.85 bits per heavy atom. The molecule has 0 bridgehead atoms. The molecule has 1 aliphatic heterocycles. The van der Waals surface area contributed by atoms with Crippen molar-refractivity contribution in [3.05, 3.63) is 65.2 Å². The van der Waals surface area contributed by atoms with Crippen molar-refractivity contribution in [1.82, 2.24) is 4.90 Å². The van der Waals surface area contributed by atoms with Gasteiger partial charge in [0.25, 0.3) is 0 Å². The molecule has 1 amide bonds. The van der Waals surface area contributed by atoms with Gasteiger partial charge < -0.3 is 10.2 Å². The lowest BCUT2D eigenvalue weighted by Gasteiger charge is -2.36. The second-order valence-electron chi connectivity index (χ2n) is 4.89. The van der Waals surface area contributed by atoms with E-state index in [1.165, 1.54) is 4.90 Å². The summed E-state index contributed by atoms with van der Waals surface area (Å²) < 4.78 is 0. The largest absolute Gasteiger partial charge is 0.508 e. The van der Waals surface area contributed by atoms with Crippen LogP contribution in [0.2, 0.25) is 0 Å².